The number of benzene rings is 2. The lowest BCUT2D eigenvalue weighted by Crippen LogP contribution is -2.41. The van der Waals surface area contributed by atoms with Crippen LogP contribution in [0.2, 0.25) is 0 Å². The number of fused-ring (bicyclic) bond motifs is 3. The first kappa shape index (κ1) is 25.6. The molecule has 1 unspecified atom stereocenters. The number of carbonyl (C=O) groups excluding carboxylic acids is 1. The van der Waals surface area contributed by atoms with Gasteiger partial charge in [-0.15, -0.1) is 0 Å². The van der Waals surface area contributed by atoms with Gasteiger partial charge in [0.05, 0.1) is 13.2 Å². The fourth-order valence-electron chi connectivity index (χ4n) is 5.62. The molecule has 3 aromatic rings. The maximum atomic E-state index is 13.1. The maximum Gasteiger partial charge on any atom is 0.410 e. The number of aromatic amines is 1. The van der Waals surface area contributed by atoms with Crippen molar-refractivity contribution in [1.29, 1.82) is 0 Å². The third-order valence-corrected chi connectivity index (χ3v) is 7.56. The van der Waals surface area contributed by atoms with E-state index in [9.17, 15) is 4.79 Å². The second kappa shape index (κ2) is 12.0. The molecule has 3 heterocycles. The smallest absolute Gasteiger partial charge is 0.410 e. The first-order chi connectivity index (χ1) is 18.1. The minimum atomic E-state index is -0.319. The molecule has 7 heteroatoms. The molecule has 1 N–H and O–H groups in total. The number of hydrogen-bond donors (Lipinski definition) is 1. The van der Waals surface area contributed by atoms with E-state index in [2.05, 4.69) is 47.1 Å². The van der Waals surface area contributed by atoms with Gasteiger partial charge in [-0.05, 0) is 94.1 Å². The van der Waals surface area contributed by atoms with E-state index >= 15 is 0 Å². The average molecular weight is 506 g/mol. The zero-order valence-electron chi connectivity index (χ0n) is 22.1. The highest BCUT2D eigenvalue weighted by Gasteiger charge is 2.35. The molecule has 2 aromatic carbocycles. The number of hydrogen-bond acceptors (Lipinski definition) is 5. The monoisotopic (exact) mass is 505 g/mol. The number of aromatic nitrogens is 1. The van der Waals surface area contributed by atoms with Crippen molar-refractivity contribution in [1.82, 2.24) is 14.8 Å². The van der Waals surface area contributed by atoms with Crippen molar-refractivity contribution in [3.63, 3.8) is 0 Å². The highest BCUT2D eigenvalue weighted by atomic mass is 16.6. The minimum absolute atomic E-state index is 0.238. The predicted molar refractivity (Wildman–Crippen MR) is 145 cm³/mol. The van der Waals surface area contributed by atoms with E-state index in [4.69, 9.17) is 14.2 Å². The van der Waals surface area contributed by atoms with Crippen LogP contribution in [-0.4, -0.2) is 74.0 Å². The second-order valence-electron chi connectivity index (χ2n) is 10.2. The van der Waals surface area contributed by atoms with Crippen LogP contribution in [0.25, 0.3) is 10.9 Å². The Morgan fingerprint density at radius 3 is 2.59 bits per heavy atom. The predicted octanol–water partition coefficient (Wildman–Crippen LogP) is 5.46. The molecule has 37 heavy (non-hydrogen) atoms. The van der Waals surface area contributed by atoms with Crippen LogP contribution >= 0.6 is 0 Å². The van der Waals surface area contributed by atoms with Crippen LogP contribution in [-0.2, 0) is 15.9 Å². The molecule has 1 saturated heterocycles. The van der Waals surface area contributed by atoms with Gasteiger partial charge in [0.25, 0.3) is 0 Å². The van der Waals surface area contributed by atoms with E-state index in [0.717, 1.165) is 42.0 Å². The zero-order valence-corrected chi connectivity index (χ0v) is 22.1. The lowest BCUT2D eigenvalue weighted by Gasteiger charge is -2.35. The molecule has 1 amide bonds. The third-order valence-electron chi connectivity index (χ3n) is 7.56. The van der Waals surface area contributed by atoms with Crippen molar-refractivity contribution in [3.8, 4) is 5.75 Å². The topological polar surface area (TPSA) is 67.0 Å². The average Bonchev–Trinajstić information content (AvgIpc) is 3.56. The summed E-state index contributed by atoms with van der Waals surface area (Å²) < 4.78 is 16.6. The molecule has 7 nitrogen and oxygen atoms in total. The van der Waals surface area contributed by atoms with Crippen LogP contribution in [0.3, 0.4) is 0 Å². The highest BCUT2D eigenvalue weighted by molar-refractivity contribution is 5.86. The molecule has 5 rings (SSSR count). The molecule has 0 saturated carbocycles. The number of H-pyrrole nitrogens is 1. The van der Waals surface area contributed by atoms with Gasteiger partial charge >= 0.3 is 6.09 Å². The molecule has 1 fully saturated rings. The number of nitrogens with zero attached hydrogens (tertiary/aromatic N) is 2. The van der Waals surface area contributed by atoms with Gasteiger partial charge in [0, 0.05) is 30.3 Å². The molecule has 1 aromatic heterocycles. The molecule has 1 atom stereocenters. The first-order valence-electron chi connectivity index (χ1n) is 13.6. The molecule has 2 aliphatic rings. The van der Waals surface area contributed by atoms with E-state index in [0.29, 0.717) is 13.2 Å². The van der Waals surface area contributed by atoms with Gasteiger partial charge in [0.1, 0.15) is 18.4 Å². The number of aryl methyl sites for hydroxylation is 1. The summed E-state index contributed by atoms with van der Waals surface area (Å²) in [6.45, 7) is 7.72. The number of methoxy groups -OCH3 is 1. The van der Waals surface area contributed by atoms with Crippen LogP contribution in [0.15, 0.2) is 42.5 Å². The van der Waals surface area contributed by atoms with E-state index in [1.165, 1.54) is 55.4 Å². The number of carbonyl (C=O) groups is 1. The normalized spacial score (nSPS) is 17.8. The molecule has 0 radical (unpaired) electrons. The van der Waals surface area contributed by atoms with E-state index in [-0.39, 0.29) is 18.7 Å². The Labute approximate surface area is 219 Å². The summed E-state index contributed by atoms with van der Waals surface area (Å²) in [6.07, 6.45) is 5.37. The number of ether oxygens (including phenoxy) is 3. The highest BCUT2D eigenvalue weighted by Crippen LogP contribution is 2.39. The standard InChI is InChI=1S/C30H39N3O4/c1-22-7-12-27-26(21-22)25-13-17-33(30(34)37-20-19-35-2)29(28(25)31-27)23-8-10-24(11-9-23)36-18-6-5-16-32-14-3-4-15-32/h7-12,21,29,31H,3-6,13-20H2,1-2H3. The summed E-state index contributed by atoms with van der Waals surface area (Å²) in [4.78, 5) is 21.1. The summed E-state index contributed by atoms with van der Waals surface area (Å²) in [7, 11) is 1.60. The minimum Gasteiger partial charge on any atom is -0.494 e. The first-order valence-corrected chi connectivity index (χ1v) is 13.6. The molecule has 2 aliphatic heterocycles. The number of likely N-dealkylation sites (tertiary alicyclic amines) is 1. The summed E-state index contributed by atoms with van der Waals surface area (Å²) in [5.41, 5.74) is 5.71. The molecular formula is C30H39N3O4. The zero-order chi connectivity index (χ0) is 25.6. The number of amides is 1. The Kier molecular flexibility index (Phi) is 8.31. The van der Waals surface area contributed by atoms with Gasteiger partial charge in [0.2, 0.25) is 0 Å². The fraction of sp³-hybridized carbons (Fsp3) is 0.500. The van der Waals surface area contributed by atoms with Crippen molar-refractivity contribution in [2.24, 2.45) is 0 Å². The maximum absolute atomic E-state index is 13.1. The second-order valence-corrected chi connectivity index (χ2v) is 10.2. The summed E-state index contributed by atoms with van der Waals surface area (Å²) >= 11 is 0. The summed E-state index contributed by atoms with van der Waals surface area (Å²) in [5.74, 6) is 0.863. The third kappa shape index (κ3) is 5.94. The number of nitrogens with one attached hydrogen (secondary N) is 1. The number of rotatable bonds is 10. The molecular weight excluding hydrogens is 466 g/mol. The molecule has 0 aliphatic carbocycles. The summed E-state index contributed by atoms with van der Waals surface area (Å²) in [6, 6.07) is 14.4. The molecule has 0 spiro atoms. The lowest BCUT2D eigenvalue weighted by molar-refractivity contribution is 0.0629. The van der Waals surface area contributed by atoms with Crippen molar-refractivity contribution in [2.75, 3.05) is 53.1 Å². The van der Waals surface area contributed by atoms with Gasteiger partial charge in [-0.2, -0.15) is 0 Å². The van der Waals surface area contributed by atoms with Crippen LogP contribution < -0.4 is 4.74 Å². The Hall–Kier alpha value is -3.03. The van der Waals surface area contributed by atoms with Gasteiger partial charge in [-0.25, -0.2) is 4.79 Å². The van der Waals surface area contributed by atoms with Gasteiger partial charge in [0.15, 0.2) is 0 Å². The van der Waals surface area contributed by atoms with E-state index < -0.39 is 0 Å². The van der Waals surface area contributed by atoms with Crippen LogP contribution in [0.1, 0.15) is 54.1 Å². The number of unbranched alkanes of at least 4 members (excludes halogenated alkanes) is 1. The summed E-state index contributed by atoms with van der Waals surface area (Å²) in [5, 5.41) is 1.24. The van der Waals surface area contributed by atoms with Gasteiger partial charge in [-0.1, -0.05) is 23.8 Å². The van der Waals surface area contributed by atoms with Crippen LogP contribution in [0.4, 0.5) is 4.79 Å². The Morgan fingerprint density at radius 1 is 1.00 bits per heavy atom. The fourth-order valence-corrected chi connectivity index (χ4v) is 5.62. The SMILES string of the molecule is COCCOC(=O)N1CCc2c([nH]c3ccc(C)cc23)C1c1ccc(OCCCCN2CCCC2)cc1. The van der Waals surface area contributed by atoms with Crippen LogP contribution in [0.5, 0.6) is 5.75 Å². The van der Waals surface area contributed by atoms with Gasteiger partial charge in [-0.3, -0.25) is 4.90 Å². The Morgan fingerprint density at radius 2 is 1.81 bits per heavy atom. The van der Waals surface area contributed by atoms with Crippen molar-refractivity contribution >= 4 is 17.0 Å². The van der Waals surface area contributed by atoms with Crippen molar-refractivity contribution in [2.45, 2.75) is 45.1 Å². The molecule has 0 bridgehead atoms. The lowest BCUT2D eigenvalue weighted by atomic mass is 9.92. The largest absolute Gasteiger partial charge is 0.494 e. The van der Waals surface area contributed by atoms with Gasteiger partial charge < -0.3 is 24.1 Å². The van der Waals surface area contributed by atoms with Crippen molar-refractivity contribution in [3.05, 3.63) is 64.8 Å². The van der Waals surface area contributed by atoms with E-state index in [1.807, 2.05) is 17.0 Å². The Balaban J connectivity index is 1.31. The Bertz CT molecular complexity index is 1180. The van der Waals surface area contributed by atoms with Crippen molar-refractivity contribution < 1.29 is 19.0 Å². The van der Waals surface area contributed by atoms with Crippen LogP contribution in [0, 0.1) is 6.92 Å². The quantitative estimate of drug-likeness (QED) is 0.371. The van der Waals surface area contributed by atoms with E-state index in [1.54, 1.807) is 7.11 Å². The molecule has 198 valence electrons.